The van der Waals surface area contributed by atoms with Crippen LogP contribution in [-0.2, 0) is 4.79 Å². The molecule has 9 heteroatoms. The number of carbonyl (C=O) groups is 3. The monoisotopic (exact) mass is 547 g/mol. The van der Waals surface area contributed by atoms with Crippen LogP contribution >= 0.6 is 11.6 Å². The summed E-state index contributed by atoms with van der Waals surface area (Å²) in [7, 11) is 0. The number of piperazine rings is 1. The predicted molar refractivity (Wildman–Crippen MR) is 157 cm³/mol. The van der Waals surface area contributed by atoms with Gasteiger partial charge in [0.15, 0.2) is 0 Å². The van der Waals surface area contributed by atoms with Crippen molar-refractivity contribution >= 4 is 46.5 Å². The summed E-state index contributed by atoms with van der Waals surface area (Å²) in [5.74, 6) is -0.495. The van der Waals surface area contributed by atoms with Crippen molar-refractivity contribution in [3.8, 4) is 0 Å². The highest BCUT2D eigenvalue weighted by Gasteiger charge is 2.23. The highest BCUT2D eigenvalue weighted by molar-refractivity contribution is 6.30. The van der Waals surface area contributed by atoms with E-state index in [2.05, 4.69) is 15.5 Å². The van der Waals surface area contributed by atoms with Crippen molar-refractivity contribution in [1.82, 2.24) is 9.80 Å². The summed E-state index contributed by atoms with van der Waals surface area (Å²) in [4.78, 5) is 43.9. The van der Waals surface area contributed by atoms with Crippen molar-refractivity contribution in [2.24, 2.45) is 0 Å². The molecule has 1 saturated heterocycles. The quantitative estimate of drug-likeness (QED) is 0.409. The van der Waals surface area contributed by atoms with E-state index in [4.69, 9.17) is 11.6 Å². The molecule has 204 valence electrons. The van der Waals surface area contributed by atoms with Crippen molar-refractivity contribution in [1.29, 1.82) is 0 Å². The number of nitrogens with one attached hydrogen (secondary N) is 2. The van der Waals surface area contributed by atoms with Gasteiger partial charge in [0.05, 0.1) is 0 Å². The average Bonchev–Trinajstić information content (AvgIpc) is 2.92. The fourth-order valence-electron chi connectivity index (χ4n) is 4.45. The molecule has 0 aliphatic carbocycles. The molecule has 1 aliphatic rings. The van der Waals surface area contributed by atoms with Gasteiger partial charge in [-0.2, -0.15) is 0 Å². The van der Waals surface area contributed by atoms with Crippen molar-refractivity contribution in [2.75, 3.05) is 48.3 Å². The summed E-state index contributed by atoms with van der Waals surface area (Å²) in [5, 5.41) is 6.41. The Bertz CT molecular complexity index is 1300. The summed E-state index contributed by atoms with van der Waals surface area (Å²) < 4.78 is 0. The first kappa shape index (κ1) is 28.0. The molecular formula is C30H34ClN5O3. The molecule has 2 N–H and O–H groups in total. The van der Waals surface area contributed by atoms with E-state index in [0.29, 0.717) is 42.5 Å². The SMILES string of the molecule is Cc1cccc(NC(=O)N2CCN(c3ccc(NC(=O)CN(C(=O)c4ccc(Cl)cc4)C(C)C)cc3)CC2)c1. The van der Waals surface area contributed by atoms with E-state index in [1.807, 2.05) is 74.2 Å². The third-order valence-corrected chi connectivity index (χ3v) is 6.89. The Morgan fingerprint density at radius 1 is 0.872 bits per heavy atom. The number of benzene rings is 3. The first-order chi connectivity index (χ1) is 18.7. The number of urea groups is 1. The molecule has 1 aliphatic heterocycles. The lowest BCUT2D eigenvalue weighted by atomic mass is 10.1. The van der Waals surface area contributed by atoms with Crippen LogP contribution in [0.3, 0.4) is 0 Å². The molecule has 0 spiro atoms. The van der Waals surface area contributed by atoms with E-state index >= 15 is 0 Å². The molecule has 0 radical (unpaired) electrons. The van der Waals surface area contributed by atoms with E-state index in [1.165, 1.54) is 4.90 Å². The lowest BCUT2D eigenvalue weighted by Gasteiger charge is -2.36. The average molecular weight is 548 g/mol. The highest BCUT2D eigenvalue weighted by Crippen LogP contribution is 2.21. The number of halogens is 1. The number of nitrogens with zero attached hydrogens (tertiary/aromatic N) is 3. The van der Waals surface area contributed by atoms with Crippen LogP contribution in [0.15, 0.2) is 72.8 Å². The molecule has 3 aromatic rings. The van der Waals surface area contributed by atoms with E-state index < -0.39 is 0 Å². The van der Waals surface area contributed by atoms with Crippen molar-refractivity contribution in [3.63, 3.8) is 0 Å². The predicted octanol–water partition coefficient (Wildman–Crippen LogP) is 5.49. The van der Waals surface area contributed by atoms with E-state index in [1.54, 1.807) is 24.3 Å². The third-order valence-electron chi connectivity index (χ3n) is 6.64. The second-order valence-electron chi connectivity index (χ2n) is 9.90. The van der Waals surface area contributed by atoms with Crippen molar-refractivity contribution < 1.29 is 14.4 Å². The summed E-state index contributed by atoms with van der Waals surface area (Å²) in [6.07, 6.45) is 0. The molecule has 4 rings (SSSR count). The fraction of sp³-hybridized carbons (Fsp3) is 0.300. The molecular weight excluding hydrogens is 514 g/mol. The minimum absolute atomic E-state index is 0.0621. The number of aryl methyl sites for hydroxylation is 1. The summed E-state index contributed by atoms with van der Waals surface area (Å²) in [5.41, 5.74) is 4.06. The van der Waals surface area contributed by atoms with Gasteiger partial charge in [-0.15, -0.1) is 0 Å². The third kappa shape index (κ3) is 7.51. The zero-order chi connectivity index (χ0) is 27.9. The number of hydrogen-bond acceptors (Lipinski definition) is 4. The molecule has 0 unspecified atom stereocenters. The summed E-state index contributed by atoms with van der Waals surface area (Å²) in [6, 6.07) is 21.8. The van der Waals surface area contributed by atoms with Crippen molar-refractivity contribution in [3.05, 3.63) is 88.9 Å². The fourth-order valence-corrected chi connectivity index (χ4v) is 4.58. The van der Waals surface area contributed by atoms with Gasteiger partial charge in [-0.25, -0.2) is 4.79 Å². The van der Waals surface area contributed by atoms with E-state index in [0.717, 1.165) is 16.9 Å². The number of amides is 4. The topological polar surface area (TPSA) is 85.0 Å². The van der Waals surface area contributed by atoms with Gasteiger partial charge in [-0.1, -0.05) is 23.7 Å². The Hall–Kier alpha value is -4.04. The smallest absolute Gasteiger partial charge is 0.321 e. The van der Waals surface area contributed by atoms with Gasteiger partial charge in [0.25, 0.3) is 5.91 Å². The van der Waals surface area contributed by atoms with E-state index in [-0.39, 0.29) is 30.4 Å². The van der Waals surface area contributed by atoms with Crippen LogP contribution in [0.1, 0.15) is 29.8 Å². The molecule has 4 amide bonds. The number of carbonyl (C=O) groups excluding carboxylic acids is 3. The zero-order valence-electron chi connectivity index (χ0n) is 22.5. The molecule has 1 fully saturated rings. The Morgan fingerprint density at radius 3 is 2.15 bits per heavy atom. The van der Waals surface area contributed by atoms with E-state index in [9.17, 15) is 14.4 Å². The van der Waals surface area contributed by atoms with Crippen LogP contribution in [0.2, 0.25) is 5.02 Å². The maximum Gasteiger partial charge on any atom is 0.321 e. The van der Waals surface area contributed by atoms with Crippen LogP contribution in [-0.4, -0.2) is 66.4 Å². The lowest BCUT2D eigenvalue weighted by Crippen LogP contribution is -2.50. The molecule has 0 bridgehead atoms. The molecule has 39 heavy (non-hydrogen) atoms. The van der Waals surface area contributed by atoms with Gasteiger partial charge >= 0.3 is 6.03 Å². The summed E-state index contributed by atoms with van der Waals surface area (Å²) >= 11 is 5.93. The van der Waals surface area contributed by atoms with Crippen LogP contribution in [0, 0.1) is 6.92 Å². The Balaban J connectivity index is 1.28. The Kier molecular flexibility index (Phi) is 9.09. The van der Waals surface area contributed by atoms with Gasteiger partial charge in [0.2, 0.25) is 5.91 Å². The first-order valence-electron chi connectivity index (χ1n) is 13.0. The van der Waals surface area contributed by atoms with Gasteiger partial charge in [0.1, 0.15) is 6.54 Å². The van der Waals surface area contributed by atoms with Crippen LogP contribution < -0.4 is 15.5 Å². The van der Waals surface area contributed by atoms with Gasteiger partial charge in [-0.05, 0) is 87.0 Å². The van der Waals surface area contributed by atoms with Gasteiger partial charge in [0, 0.05) is 59.9 Å². The maximum absolute atomic E-state index is 12.9. The maximum atomic E-state index is 12.9. The molecule has 8 nitrogen and oxygen atoms in total. The molecule has 1 heterocycles. The molecule has 0 saturated carbocycles. The Morgan fingerprint density at radius 2 is 1.54 bits per heavy atom. The molecule has 3 aromatic carbocycles. The second kappa shape index (κ2) is 12.7. The van der Waals surface area contributed by atoms with Crippen molar-refractivity contribution in [2.45, 2.75) is 26.8 Å². The Labute approximate surface area is 234 Å². The lowest BCUT2D eigenvalue weighted by molar-refractivity contribution is -0.117. The standard InChI is InChI=1S/C30H34ClN5O3/c1-21(2)36(29(38)23-7-9-24(31)10-8-23)20-28(37)32-25-11-13-27(14-12-25)34-15-17-35(18-16-34)30(39)33-26-6-4-5-22(3)19-26/h4-14,19,21H,15-18,20H2,1-3H3,(H,32,37)(H,33,39). The second-order valence-corrected chi connectivity index (χ2v) is 10.3. The minimum Gasteiger partial charge on any atom is -0.368 e. The van der Waals surface area contributed by atoms with Crippen LogP contribution in [0.4, 0.5) is 21.9 Å². The number of rotatable bonds is 7. The normalized spacial score (nSPS) is 13.3. The van der Waals surface area contributed by atoms with Crippen LogP contribution in [0.5, 0.6) is 0 Å². The largest absolute Gasteiger partial charge is 0.368 e. The number of hydrogen-bond donors (Lipinski definition) is 2. The number of anilines is 3. The highest BCUT2D eigenvalue weighted by atomic mass is 35.5. The van der Waals surface area contributed by atoms with Crippen LogP contribution in [0.25, 0.3) is 0 Å². The molecule has 0 aromatic heterocycles. The minimum atomic E-state index is -0.271. The summed E-state index contributed by atoms with van der Waals surface area (Å²) in [6.45, 7) is 8.34. The zero-order valence-corrected chi connectivity index (χ0v) is 23.2. The van der Waals surface area contributed by atoms with Gasteiger partial charge < -0.3 is 25.3 Å². The molecule has 0 atom stereocenters. The van der Waals surface area contributed by atoms with Gasteiger partial charge in [-0.3, -0.25) is 9.59 Å². The first-order valence-corrected chi connectivity index (χ1v) is 13.4.